The monoisotopic (exact) mass is 243 g/mol. The van der Waals surface area contributed by atoms with E-state index in [-0.39, 0.29) is 5.38 Å². The Bertz CT molecular complexity index is 334. The Balaban J connectivity index is 2.13. The Morgan fingerprint density at radius 2 is 2.47 bits per heavy atom. The fourth-order valence-corrected chi connectivity index (χ4v) is 2.40. The van der Waals surface area contributed by atoms with Crippen LogP contribution in [0.25, 0.3) is 0 Å². The maximum absolute atomic E-state index is 6.13. The van der Waals surface area contributed by atoms with Crippen LogP contribution in [0.4, 0.5) is 5.95 Å². The van der Waals surface area contributed by atoms with Crippen molar-refractivity contribution >= 4 is 29.3 Å². The number of alkyl halides is 1. The number of rotatable bonds is 2. The minimum Gasteiger partial charge on any atom is -0.339 e. The first-order valence-corrected chi connectivity index (χ1v) is 6.72. The molecule has 2 rings (SSSR count). The molecule has 2 heterocycles. The first kappa shape index (κ1) is 11.0. The van der Waals surface area contributed by atoms with E-state index in [0.717, 1.165) is 36.9 Å². The smallest absolute Gasteiger partial charge is 0.226 e. The van der Waals surface area contributed by atoms with Crippen LogP contribution in [0.15, 0.2) is 17.3 Å². The lowest BCUT2D eigenvalue weighted by atomic mass is 10.1. The van der Waals surface area contributed by atoms with E-state index in [1.165, 1.54) is 0 Å². The standard InChI is InChI=1S/C10H14ClN3S/c1-15-9-4-5-12-10(13-9)14-6-2-3-8(11)7-14/h4-5,8H,2-3,6-7H2,1H3. The molecule has 0 N–H and O–H groups in total. The molecule has 5 heteroatoms. The Morgan fingerprint density at radius 1 is 1.60 bits per heavy atom. The van der Waals surface area contributed by atoms with Crippen molar-refractivity contribution in [1.29, 1.82) is 0 Å². The summed E-state index contributed by atoms with van der Waals surface area (Å²) >= 11 is 7.77. The molecular weight excluding hydrogens is 230 g/mol. The van der Waals surface area contributed by atoms with Crippen molar-refractivity contribution in [2.24, 2.45) is 0 Å². The summed E-state index contributed by atoms with van der Waals surface area (Å²) in [7, 11) is 0. The van der Waals surface area contributed by atoms with Crippen LogP contribution in [0.2, 0.25) is 0 Å². The molecule has 0 aliphatic carbocycles. The van der Waals surface area contributed by atoms with Gasteiger partial charge in [0.1, 0.15) is 5.03 Å². The Morgan fingerprint density at radius 3 is 3.20 bits per heavy atom. The number of thioether (sulfide) groups is 1. The SMILES string of the molecule is CSc1ccnc(N2CCCC(Cl)C2)n1. The van der Waals surface area contributed by atoms with E-state index >= 15 is 0 Å². The molecule has 1 aromatic rings. The van der Waals surface area contributed by atoms with Crippen LogP contribution in [-0.2, 0) is 0 Å². The van der Waals surface area contributed by atoms with Gasteiger partial charge in [-0.15, -0.1) is 23.4 Å². The van der Waals surface area contributed by atoms with E-state index in [9.17, 15) is 0 Å². The first-order valence-electron chi connectivity index (χ1n) is 5.05. The van der Waals surface area contributed by atoms with Crippen LogP contribution in [0.1, 0.15) is 12.8 Å². The molecule has 82 valence electrons. The number of nitrogens with zero attached hydrogens (tertiary/aromatic N) is 3. The third-order valence-corrected chi connectivity index (χ3v) is 3.48. The van der Waals surface area contributed by atoms with Crippen molar-refractivity contribution in [3.8, 4) is 0 Å². The highest BCUT2D eigenvalue weighted by Gasteiger charge is 2.19. The second kappa shape index (κ2) is 5.03. The van der Waals surface area contributed by atoms with E-state index in [1.807, 2.05) is 18.5 Å². The third kappa shape index (κ3) is 2.75. The average molecular weight is 244 g/mol. The van der Waals surface area contributed by atoms with E-state index in [2.05, 4.69) is 14.9 Å². The number of piperidine rings is 1. The maximum atomic E-state index is 6.13. The zero-order valence-corrected chi connectivity index (χ0v) is 10.3. The lowest BCUT2D eigenvalue weighted by molar-refractivity contribution is 0.573. The fourth-order valence-electron chi connectivity index (χ4n) is 1.71. The molecule has 0 saturated carbocycles. The summed E-state index contributed by atoms with van der Waals surface area (Å²) in [6.45, 7) is 1.88. The highest BCUT2D eigenvalue weighted by molar-refractivity contribution is 7.98. The zero-order valence-electron chi connectivity index (χ0n) is 8.69. The summed E-state index contributed by atoms with van der Waals surface area (Å²) in [5.74, 6) is 0.812. The van der Waals surface area contributed by atoms with E-state index in [0.29, 0.717) is 0 Å². The highest BCUT2D eigenvalue weighted by atomic mass is 35.5. The second-order valence-corrected chi connectivity index (χ2v) is 5.03. The predicted octanol–water partition coefficient (Wildman–Crippen LogP) is 2.41. The van der Waals surface area contributed by atoms with Crippen molar-refractivity contribution in [1.82, 2.24) is 9.97 Å². The molecule has 0 amide bonds. The Hall–Kier alpha value is -0.480. The summed E-state index contributed by atoms with van der Waals surface area (Å²) < 4.78 is 0. The van der Waals surface area contributed by atoms with Gasteiger partial charge in [0.15, 0.2) is 0 Å². The maximum Gasteiger partial charge on any atom is 0.226 e. The fraction of sp³-hybridized carbons (Fsp3) is 0.600. The molecule has 3 nitrogen and oxygen atoms in total. The van der Waals surface area contributed by atoms with Crippen molar-refractivity contribution in [2.45, 2.75) is 23.2 Å². The lowest BCUT2D eigenvalue weighted by Gasteiger charge is -2.29. The van der Waals surface area contributed by atoms with Gasteiger partial charge in [0.25, 0.3) is 0 Å². The van der Waals surface area contributed by atoms with Gasteiger partial charge >= 0.3 is 0 Å². The average Bonchev–Trinajstić information content (AvgIpc) is 2.29. The van der Waals surface area contributed by atoms with E-state index in [1.54, 1.807) is 11.8 Å². The number of halogens is 1. The van der Waals surface area contributed by atoms with Gasteiger partial charge in [-0.25, -0.2) is 9.97 Å². The molecule has 1 unspecified atom stereocenters. The molecule has 15 heavy (non-hydrogen) atoms. The van der Waals surface area contributed by atoms with E-state index in [4.69, 9.17) is 11.6 Å². The van der Waals surface area contributed by atoms with Gasteiger partial charge in [0, 0.05) is 19.3 Å². The molecule has 1 saturated heterocycles. The van der Waals surface area contributed by atoms with Gasteiger partial charge in [-0.2, -0.15) is 0 Å². The first-order chi connectivity index (χ1) is 7.29. The molecule has 0 bridgehead atoms. The minimum atomic E-state index is 0.236. The topological polar surface area (TPSA) is 29.0 Å². The van der Waals surface area contributed by atoms with Gasteiger partial charge in [-0.3, -0.25) is 0 Å². The zero-order chi connectivity index (χ0) is 10.7. The number of hydrogen-bond donors (Lipinski definition) is 0. The number of aromatic nitrogens is 2. The molecule has 1 aliphatic heterocycles. The van der Waals surface area contributed by atoms with Crippen molar-refractivity contribution in [2.75, 3.05) is 24.2 Å². The van der Waals surface area contributed by atoms with Crippen LogP contribution in [0.5, 0.6) is 0 Å². The predicted molar refractivity (Wildman–Crippen MR) is 64.9 cm³/mol. The summed E-state index contributed by atoms with van der Waals surface area (Å²) in [5.41, 5.74) is 0. The molecule has 1 aromatic heterocycles. The molecule has 1 fully saturated rings. The summed E-state index contributed by atoms with van der Waals surface area (Å²) in [6, 6.07) is 1.93. The van der Waals surface area contributed by atoms with Gasteiger partial charge in [0.2, 0.25) is 5.95 Å². The molecule has 1 aliphatic rings. The quantitative estimate of drug-likeness (QED) is 0.453. The summed E-state index contributed by atoms with van der Waals surface area (Å²) in [4.78, 5) is 10.9. The van der Waals surface area contributed by atoms with Crippen LogP contribution in [0, 0.1) is 0 Å². The molecule has 0 spiro atoms. The van der Waals surface area contributed by atoms with Crippen LogP contribution in [-0.4, -0.2) is 34.7 Å². The lowest BCUT2D eigenvalue weighted by Crippen LogP contribution is -2.37. The summed E-state index contributed by atoms with van der Waals surface area (Å²) in [6.07, 6.45) is 6.06. The molecule has 0 radical (unpaired) electrons. The second-order valence-electron chi connectivity index (χ2n) is 3.58. The van der Waals surface area contributed by atoms with Crippen molar-refractivity contribution < 1.29 is 0 Å². The van der Waals surface area contributed by atoms with Gasteiger partial charge in [0.05, 0.1) is 5.38 Å². The number of anilines is 1. The van der Waals surface area contributed by atoms with E-state index < -0.39 is 0 Å². The van der Waals surface area contributed by atoms with Gasteiger partial charge < -0.3 is 4.90 Å². The van der Waals surface area contributed by atoms with Crippen LogP contribution >= 0.6 is 23.4 Å². The van der Waals surface area contributed by atoms with Crippen molar-refractivity contribution in [3.63, 3.8) is 0 Å². The van der Waals surface area contributed by atoms with Gasteiger partial charge in [-0.05, 0) is 25.2 Å². The minimum absolute atomic E-state index is 0.236. The Labute approximate surface area is 99.2 Å². The normalized spacial score (nSPS) is 21.7. The van der Waals surface area contributed by atoms with Crippen LogP contribution in [0.3, 0.4) is 0 Å². The largest absolute Gasteiger partial charge is 0.339 e. The molecule has 1 atom stereocenters. The molecular formula is C10H14ClN3S. The Kier molecular flexibility index (Phi) is 3.70. The highest BCUT2D eigenvalue weighted by Crippen LogP contribution is 2.20. The van der Waals surface area contributed by atoms with Crippen LogP contribution < -0.4 is 4.90 Å². The summed E-state index contributed by atoms with van der Waals surface area (Å²) in [5, 5.41) is 1.25. The number of hydrogen-bond acceptors (Lipinski definition) is 4. The van der Waals surface area contributed by atoms with Gasteiger partial charge in [-0.1, -0.05) is 0 Å². The molecule has 0 aromatic carbocycles. The third-order valence-electron chi connectivity index (χ3n) is 2.47. The van der Waals surface area contributed by atoms with Crippen molar-refractivity contribution in [3.05, 3.63) is 12.3 Å².